The molecule has 1 N–H and O–H groups in total. The fraction of sp³-hybridized carbons (Fsp3) is 0.368. The van der Waals surface area contributed by atoms with Crippen molar-refractivity contribution >= 4 is 5.97 Å². The van der Waals surface area contributed by atoms with Gasteiger partial charge in [0.15, 0.2) is 0 Å². The third-order valence-corrected chi connectivity index (χ3v) is 4.73. The van der Waals surface area contributed by atoms with Crippen LogP contribution in [0.25, 0.3) is 0 Å². The van der Waals surface area contributed by atoms with Gasteiger partial charge >= 0.3 is 12.1 Å². The van der Waals surface area contributed by atoms with E-state index >= 15 is 0 Å². The lowest BCUT2D eigenvalue weighted by molar-refractivity contribution is -0.143. The van der Waals surface area contributed by atoms with Crippen LogP contribution in [0, 0.1) is 0 Å². The first kappa shape index (κ1) is 18.4. The second-order valence-corrected chi connectivity index (χ2v) is 6.36. The van der Waals surface area contributed by atoms with E-state index in [1.165, 1.54) is 12.1 Å². The fourth-order valence-electron chi connectivity index (χ4n) is 3.60. The minimum absolute atomic E-state index is 0.0961. The summed E-state index contributed by atoms with van der Waals surface area (Å²) in [6.45, 7) is 0.445. The van der Waals surface area contributed by atoms with Gasteiger partial charge in [-0.2, -0.15) is 13.2 Å². The third-order valence-electron chi connectivity index (χ3n) is 4.73. The van der Waals surface area contributed by atoms with E-state index in [-0.39, 0.29) is 12.0 Å². The predicted molar refractivity (Wildman–Crippen MR) is 89.5 cm³/mol. The highest BCUT2D eigenvalue weighted by Crippen LogP contribution is 2.39. The molecule has 3 rings (SSSR count). The van der Waals surface area contributed by atoms with Crippen molar-refractivity contribution in [2.75, 3.05) is 6.54 Å². The van der Waals surface area contributed by atoms with Gasteiger partial charge in [0.2, 0.25) is 0 Å². The van der Waals surface area contributed by atoms with E-state index in [0.29, 0.717) is 25.1 Å². The van der Waals surface area contributed by atoms with Crippen LogP contribution in [0.3, 0.4) is 0 Å². The van der Waals surface area contributed by atoms with Gasteiger partial charge in [0, 0.05) is 24.4 Å². The Balaban J connectivity index is 2.05. The molecular weight excluding hydrogens is 345 g/mol. The summed E-state index contributed by atoms with van der Waals surface area (Å²) >= 11 is 0. The lowest BCUT2D eigenvalue weighted by Gasteiger charge is -2.33. The number of halogens is 3. The Kier molecular flexibility index (Phi) is 5.27. The monoisotopic (exact) mass is 364 g/mol. The largest absolute Gasteiger partial charge is 0.480 e. The van der Waals surface area contributed by atoms with Gasteiger partial charge in [-0.25, -0.2) is 0 Å². The molecule has 0 bridgehead atoms. The zero-order valence-corrected chi connectivity index (χ0v) is 14.0. The molecule has 0 saturated carbocycles. The number of pyridine rings is 1. The summed E-state index contributed by atoms with van der Waals surface area (Å²) < 4.78 is 40.6. The summed E-state index contributed by atoms with van der Waals surface area (Å²) in [7, 11) is 0. The van der Waals surface area contributed by atoms with E-state index in [4.69, 9.17) is 0 Å². The molecule has 1 aliphatic heterocycles. The number of benzene rings is 1. The van der Waals surface area contributed by atoms with Gasteiger partial charge in [-0.05, 0) is 43.1 Å². The molecule has 138 valence electrons. The molecule has 2 heterocycles. The molecule has 4 nitrogen and oxygen atoms in total. The lowest BCUT2D eigenvalue weighted by Crippen LogP contribution is -2.40. The lowest BCUT2D eigenvalue weighted by atomic mass is 9.94. The van der Waals surface area contributed by atoms with Gasteiger partial charge in [0.25, 0.3) is 0 Å². The Morgan fingerprint density at radius 3 is 2.62 bits per heavy atom. The van der Waals surface area contributed by atoms with Crippen molar-refractivity contribution in [1.82, 2.24) is 9.88 Å². The average molecular weight is 364 g/mol. The molecule has 0 radical (unpaired) electrons. The van der Waals surface area contributed by atoms with Crippen molar-refractivity contribution in [3.63, 3.8) is 0 Å². The van der Waals surface area contributed by atoms with E-state index in [0.717, 1.165) is 6.07 Å². The first-order valence-corrected chi connectivity index (χ1v) is 8.42. The maximum absolute atomic E-state index is 13.5. The molecule has 0 spiro atoms. The second-order valence-electron chi connectivity index (χ2n) is 6.36. The molecule has 1 aromatic carbocycles. The number of nitrogens with zero attached hydrogens (tertiary/aromatic N) is 2. The standard InChI is InChI=1S/C19H19F3N2O2/c20-19(21,22)15-8-2-1-7-14(15)17(12-13-6-3-4-10-23-13)24-11-5-9-16(24)18(25)26/h1-4,6-8,10,16-17H,5,9,11-12H2,(H,25,26). The maximum atomic E-state index is 13.5. The van der Waals surface area contributed by atoms with Crippen LogP contribution in [0.15, 0.2) is 48.7 Å². The maximum Gasteiger partial charge on any atom is 0.416 e. The minimum Gasteiger partial charge on any atom is -0.480 e. The van der Waals surface area contributed by atoms with Crippen LogP contribution in [-0.2, 0) is 17.4 Å². The molecule has 1 aliphatic rings. The quantitative estimate of drug-likeness (QED) is 0.873. The number of rotatable bonds is 5. The third kappa shape index (κ3) is 3.88. The van der Waals surface area contributed by atoms with Crippen LogP contribution < -0.4 is 0 Å². The molecule has 7 heteroatoms. The molecule has 0 aliphatic carbocycles. The number of aliphatic carboxylic acids is 1. The zero-order valence-electron chi connectivity index (χ0n) is 14.0. The molecule has 1 fully saturated rings. The zero-order chi connectivity index (χ0) is 18.7. The van der Waals surface area contributed by atoms with E-state index in [1.54, 1.807) is 35.4 Å². The van der Waals surface area contributed by atoms with Crippen LogP contribution >= 0.6 is 0 Å². The SMILES string of the molecule is O=C(O)C1CCCN1C(Cc1ccccn1)c1ccccc1C(F)(F)F. The smallest absolute Gasteiger partial charge is 0.416 e. The summed E-state index contributed by atoms with van der Waals surface area (Å²) in [6, 6.07) is 9.16. The van der Waals surface area contributed by atoms with E-state index in [1.807, 2.05) is 0 Å². The predicted octanol–water partition coefficient (Wildman–Crippen LogP) is 3.93. The second kappa shape index (κ2) is 7.45. The molecular formula is C19H19F3N2O2. The van der Waals surface area contributed by atoms with Crippen LogP contribution in [-0.4, -0.2) is 33.5 Å². The van der Waals surface area contributed by atoms with Gasteiger partial charge in [0.05, 0.1) is 5.56 Å². The van der Waals surface area contributed by atoms with Crippen LogP contribution in [0.5, 0.6) is 0 Å². The molecule has 2 aromatic rings. The Hall–Kier alpha value is -2.41. The highest BCUT2D eigenvalue weighted by Gasteiger charge is 2.41. The highest BCUT2D eigenvalue weighted by atomic mass is 19.4. The van der Waals surface area contributed by atoms with Gasteiger partial charge in [-0.3, -0.25) is 14.7 Å². The van der Waals surface area contributed by atoms with E-state index < -0.39 is 29.8 Å². The molecule has 26 heavy (non-hydrogen) atoms. The van der Waals surface area contributed by atoms with Gasteiger partial charge in [-0.1, -0.05) is 24.3 Å². The molecule has 0 amide bonds. The summed E-state index contributed by atoms with van der Waals surface area (Å²) in [4.78, 5) is 17.5. The van der Waals surface area contributed by atoms with Crippen molar-refractivity contribution in [2.24, 2.45) is 0 Å². The number of aromatic nitrogens is 1. The van der Waals surface area contributed by atoms with Crippen LogP contribution in [0.4, 0.5) is 13.2 Å². The summed E-state index contributed by atoms with van der Waals surface area (Å²) in [5.41, 5.74) is 0.00119. The Labute approximate surface area is 149 Å². The molecule has 1 aromatic heterocycles. The van der Waals surface area contributed by atoms with E-state index in [9.17, 15) is 23.1 Å². The number of carboxylic acids is 1. The summed E-state index contributed by atoms with van der Waals surface area (Å²) in [5, 5.41) is 9.50. The van der Waals surface area contributed by atoms with Gasteiger partial charge in [0.1, 0.15) is 6.04 Å². The Morgan fingerprint density at radius 1 is 1.23 bits per heavy atom. The Bertz CT molecular complexity index is 765. The number of likely N-dealkylation sites (tertiary alicyclic amines) is 1. The molecule has 1 saturated heterocycles. The van der Waals surface area contributed by atoms with Crippen molar-refractivity contribution in [2.45, 2.75) is 37.5 Å². The fourth-order valence-corrected chi connectivity index (χ4v) is 3.60. The number of hydrogen-bond acceptors (Lipinski definition) is 3. The summed E-state index contributed by atoms with van der Waals surface area (Å²) in [5.74, 6) is -1.00. The average Bonchev–Trinajstić information content (AvgIpc) is 3.09. The number of hydrogen-bond donors (Lipinski definition) is 1. The van der Waals surface area contributed by atoms with Crippen LogP contribution in [0.2, 0.25) is 0 Å². The minimum atomic E-state index is -4.50. The van der Waals surface area contributed by atoms with Crippen LogP contribution in [0.1, 0.15) is 35.7 Å². The highest BCUT2D eigenvalue weighted by molar-refractivity contribution is 5.74. The van der Waals surface area contributed by atoms with Crippen molar-refractivity contribution in [3.05, 3.63) is 65.5 Å². The topological polar surface area (TPSA) is 53.4 Å². The Morgan fingerprint density at radius 2 is 1.96 bits per heavy atom. The van der Waals surface area contributed by atoms with Crippen molar-refractivity contribution < 1.29 is 23.1 Å². The van der Waals surface area contributed by atoms with Crippen molar-refractivity contribution in [3.8, 4) is 0 Å². The number of alkyl halides is 3. The normalized spacial score (nSPS) is 19.4. The molecule has 2 atom stereocenters. The van der Waals surface area contributed by atoms with Gasteiger partial charge < -0.3 is 5.11 Å². The van der Waals surface area contributed by atoms with E-state index in [2.05, 4.69) is 4.98 Å². The number of carbonyl (C=O) groups is 1. The summed E-state index contributed by atoms with van der Waals surface area (Å²) in [6.07, 6.45) is -1.62. The van der Waals surface area contributed by atoms with Crippen molar-refractivity contribution in [1.29, 1.82) is 0 Å². The first-order valence-electron chi connectivity index (χ1n) is 8.42. The van der Waals surface area contributed by atoms with Gasteiger partial charge in [-0.15, -0.1) is 0 Å². The number of carboxylic acid groups (broad SMARTS) is 1. The first-order chi connectivity index (χ1) is 12.4. The molecule has 2 unspecified atom stereocenters.